The van der Waals surface area contributed by atoms with Gasteiger partial charge in [0.2, 0.25) is 5.91 Å². The van der Waals surface area contributed by atoms with Crippen LogP contribution in [0.1, 0.15) is 55.1 Å². The normalized spacial score (nSPS) is 21.2. The van der Waals surface area contributed by atoms with Gasteiger partial charge in [-0.1, -0.05) is 43.0 Å². The molecule has 3 heterocycles. The first-order valence-electron chi connectivity index (χ1n) is 11.4. The summed E-state index contributed by atoms with van der Waals surface area (Å²) < 4.78 is 1.69. The average molecular weight is 483 g/mol. The second-order valence-corrected chi connectivity index (χ2v) is 10.6. The zero-order valence-corrected chi connectivity index (χ0v) is 20.4. The molecule has 6 nitrogen and oxygen atoms in total. The monoisotopic (exact) mass is 482 g/mol. The number of nitrogens with zero attached hydrogens (tertiary/aromatic N) is 3. The largest absolute Gasteiger partial charge is 0.351 e. The molecule has 1 fully saturated rings. The number of aryl methyl sites for hydroxylation is 1. The van der Waals surface area contributed by atoms with Gasteiger partial charge in [-0.25, -0.2) is 0 Å². The lowest BCUT2D eigenvalue weighted by molar-refractivity contribution is -0.127. The lowest BCUT2D eigenvalue weighted by atomic mass is 9.90. The number of nitrogens with one attached hydrogen (secondary N) is 1. The number of thiophene rings is 1. The van der Waals surface area contributed by atoms with Crippen LogP contribution in [0.15, 0.2) is 41.8 Å². The fourth-order valence-electron chi connectivity index (χ4n) is 4.92. The van der Waals surface area contributed by atoms with Crippen LogP contribution in [0.25, 0.3) is 10.6 Å². The Balaban J connectivity index is 1.59. The maximum absolute atomic E-state index is 13.9. The van der Waals surface area contributed by atoms with Crippen molar-refractivity contribution in [2.45, 2.75) is 64.1 Å². The number of hydrogen-bond donors (Lipinski definition) is 1. The van der Waals surface area contributed by atoms with Crippen LogP contribution in [0.5, 0.6) is 0 Å². The van der Waals surface area contributed by atoms with Gasteiger partial charge in [-0.2, -0.15) is 5.10 Å². The summed E-state index contributed by atoms with van der Waals surface area (Å²) in [4.78, 5) is 30.3. The molecule has 172 valence electrons. The molecule has 2 aromatic heterocycles. The Morgan fingerprint density at radius 2 is 2.00 bits per heavy atom. The molecular formula is C25H27ClN4O2S. The van der Waals surface area contributed by atoms with Crippen LogP contribution >= 0.6 is 22.9 Å². The predicted molar refractivity (Wildman–Crippen MR) is 132 cm³/mol. The highest BCUT2D eigenvalue weighted by Gasteiger charge is 2.49. The smallest absolute Gasteiger partial charge is 0.277 e. The Hall–Kier alpha value is -2.64. The zero-order valence-electron chi connectivity index (χ0n) is 18.8. The highest BCUT2D eigenvalue weighted by Crippen LogP contribution is 2.37. The Morgan fingerprint density at radius 1 is 1.21 bits per heavy atom. The number of halogens is 1. The number of benzene rings is 1. The quantitative estimate of drug-likeness (QED) is 0.538. The molecule has 1 saturated carbocycles. The molecule has 2 aliphatic rings. The van der Waals surface area contributed by atoms with Crippen molar-refractivity contribution in [1.82, 2.24) is 15.1 Å². The minimum absolute atomic E-state index is 0.140. The van der Waals surface area contributed by atoms with Gasteiger partial charge in [-0.3, -0.25) is 19.2 Å². The Kier molecular flexibility index (Phi) is 5.79. The van der Waals surface area contributed by atoms with E-state index >= 15 is 0 Å². The third-order valence-electron chi connectivity index (χ3n) is 6.77. The minimum atomic E-state index is -1.14. The van der Waals surface area contributed by atoms with Crippen molar-refractivity contribution in [2.75, 3.05) is 4.90 Å². The van der Waals surface area contributed by atoms with E-state index in [-0.39, 0.29) is 24.4 Å². The topological polar surface area (TPSA) is 67.2 Å². The van der Waals surface area contributed by atoms with Crippen LogP contribution < -0.4 is 10.2 Å². The molecule has 33 heavy (non-hydrogen) atoms. The highest BCUT2D eigenvalue weighted by molar-refractivity contribution is 7.13. The van der Waals surface area contributed by atoms with E-state index in [0.29, 0.717) is 16.4 Å². The number of anilines is 1. The number of amides is 2. The molecule has 8 heteroatoms. The van der Waals surface area contributed by atoms with Crippen molar-refractivity contribution >= 4 is 40.4 Å². The Labute approximate surface area is 202 Å². The lowest BCUT2D eigenvalue weighted by Crippen LogP contribution is -2.65. The molecular weight excluding hydrogens is 456 g/mol. The predicted octanol–water partition coefficient (Wildman–Crippen LogP) is 5.44. The van der Waals surface area contributed by atoms with Gasteiger partial charge < -0.3 is 5.32 Å². The minimum Gasteiger partial charge on any atom is -0.351 e. The maximum atomic E-state index is 13.9. The molecule has 0 unspecified atom stereocenters. The number of carbonyl (C=O) groups is 2. The number of fused-ring (bicyclic) bond motifs is 1. The second-order valence-electron chi connectivity index (χ2n) is 9.20. The molecule has 1 atom stereocenters. The van der Waals surface area contributed by atoms with Crippen molar-refractivity contribution in [3.8, 4) is 10.6 Å². The van der Waals surface area contributed by atoms with Gasteiger partial charge in [0.15, 0.2) is 0 Å². The summed E-state index contributed by atoms with van der Waals surface area (Å²) in [6.45, 7) is 4.03. The van der Waals surface area contributed by atoms with E-state index in [1.165, 1.54) is 6.42 Å². The van der Waals surface area contributed by atoms with Crippen molar-refractivity contribution in [3.05, 3.63) is 58.1 Å². The summed E-state index contributed by atoms with van der Waals surface area (Å²) in [5.74, 6) is -0.399. The zero-order chi connectivity index (χ0) is 23.2. The van der Waals surface area contributed by atoms with Gasteiger partial charge in [0.25, 0.3) is 5.91 Å². The van der Waals surface area contributed by atoms with Gasteiger partial charge in [-0.05, 0) is 61.9 Å². The summed E-state index contributed by atoms with van der Waals surface area (Å²) in [5.41, 5.74) is 1.61. The van der Waals surface area contributed by atoms with Gasteiger partial charge in [-0.15, -0.1) is 11.3 Å². The molecule has 0 radical (unpaired) electrons. The SMILES string of the molecule is Cc1ccc(Cl)cc1N1C(=O)c2cc(-c3cccs3)nn2C[C@@]1(C)C(=O)NC1CCCCC1. The maximum Gasteiger partial charge on any atom is 0.277 e. The third-order valence-corrected chi connectivity index (χ3v) is 7.90. The van der Waals surface area contributed by atoms with Crippen molar-refractivity contribution in [1.29, 1.82) is 0 Å². The number of rotatable bonds is 4. The molecule has 0 spiro atoms. The van der Waals surface area contributed by atoms with Gasteiger partial charge in [0.05, 0.1) is 11.4 Å². The van der Waals surface area contributed by atoms with Crippen molar-refractivity contribution < 1.29 is 9.59 Å². The molecule has 1 aliphatic heterocycles. The highest BCUT2D eigenvalue weighted by atomic mass is 35.5. The molecule has 3 aromatic rings. The second kappa shape index (κ2) is 8.61. The molecule has 0 bridgehead atoms. The van der Waals surface area contributed by atoms with Gasteiger partial charge in [0, 0.05) is 16.8 Å². The van der Waals surface area contributed by atoms with Gasteiger partial charge >= 0.3 is 0 Å². The fourth-order valence-corrected chi connectivity index (χ4v) is 5.76. The first-order valence-corrected chi connectivity index (χ1v) is 12.7. The summed E-state index contributed by atoms with van der Waals surface area (Å²) in [6, 6.07) is 11.4. The molecule has 0 saturated heterocycles. The average Bonchev–Trinajstić information content (AvgIpc) is 3.47. The fraction of sp³-hybridized carbons (Fsp3) is 0.400. The third kappa shape index (κ3) is 3.97. The van der Waals surface area contributed by atoms with E-state index in [9.17, 15) is 9.59 Å². The number of aromatic nitrogens is 2. The molecule has 2 amide bonds. The van der Waals surface area contributed by atoms with E-state index in [2.05, 4.69) is 5.32 Å². The molecule has 1 aliphatic carbocycles. The van der Waals surface area contributed by atoms with Crippen LogP contribution in [0.4, 0.5) is 5.69 Å². The molecule has 1 aromatic carbocycles. The van der Waals surface area contributed by atoms with E-state index in [4.69, 9.17) is 16.7 Å². The Morgan fingerprint density at radius 3 is 2.73 bits per heavy atom. The van der Waals surface area contributed by atoms with E-state index < -0.39 is 5.54 Å². The standard InChI is InChI=1S/C25H27ClN4O2S/c1-16-10-11-17(26)13-20(16)30-23(31)21-14-19(22-9-6-12-33-22)28-29(21)15-25(30,2)24(32)27-18-7-4-3-5-8-18/h6,9-14,18H,3-5,7-8,15H2,1-2H3,(H,27,32)/t25-/m0/s1. The van der Waals surface area contributed by atoms with Crippen LogP contribution in [-0.2, 0) is 11.3 Å². The summed E-state index contributed by atoms with van der Waals surface area (Å²) >= 11 is 7.90. The first-order chi connectivity index (χ1) is 15.9. The Bertz CT molecular complexity index is 1200. The van der Waals surface area contributed by atoms with Crippen LogP contribution in [-0.4, -0.2) is 33.2 Å². The van der Waals surface area contributed by atoms with Gasteiger partial charge in [0.1, 0.15) is 16.9 Å². The van der Waals surface area contributed by atoms with Crippen molar-refractivity contribution in [2.24, 2.45) is 0 Å². The van der Waals surface area contributed by atoms with E-state index in [0.717, 1.165) is 41.8 Å². The summed E-state index contributed by atoms with van der Waals surface area (Å²) in [7, 11) is 0. The van der Waals surface area contributed by atoms with Crippen molar-refractivity contribution in [3.63, 3.8) is 0 Å². The number of hydrogen-bond acceptors (Lipinski definition) is 4. The lowest BCUT2D eigenvalue weighted by Gasteiger charge is -2.44. The molecule has 5 rings (SSSR count). The molecule has 1 N–H and O–H groups in total. The number of carbonyl (C=O) groups excluding carboxylic acids is 2. The van der Waals surface area contributed by atoms with Crippen LogP contribution in [0.3, 0.4) is 0 Å². The van der Waals surface area contributed by atoms with Crippen LogP contribution in [0.2, 0.25) is 5.02 Å². The summed E-state index contributed by atoms with van der Waals surface area (Å²) in [6.07, 6.45) is 5.39. The summed E-state index contributed by atoms with van der Waals surface area (Å²) in [5, 5.41) is 10.5. The first kappa shape index (κ1) is 22.2. The van der Waals surface area contributed by atoms with Crippen LogP contribution in [0, 0.1) is 6.92 Å². The van der Waals surface area contributed by atoms with E-state index in [1.807, 2.05) is 43.5 Å². The van der Waals surface area contributed by atoms with E-state index in [1.54, 1.807) is 33.1 Å².